The Labute approximate surface area is 189 Å². The highest BCUT2D eigenvalue weighted by Gasteiger charge is 2.35. The minimum atomic E-state index is 0.124. The monoisotopic (exact) mass is 427 g/mol. The SMILES string of the molecule is O=C(Cc1cccnc1)N1CCCC(C2CCN(C(=O)c3ccc4ccccc4c3)C2)C1. The molecule has 0 aliphatic carbocycles. The van der Waals surface area contributed by atoms with E-state index in [1.54, 1.807) is 12.4 Å². The number of carbonyl (C=O) groups excluding carboxylic acids is 2. The smallest absolute Gasteiger partial charge is 0.253 e. The van der Waals surface area contributed by atoms with Gasteiger partial charge in [-0.3, -0.25) is 14.6 Å². The summed E-state index contributed by atoms with van der Waals surface area (Å²) < 4.78 is 0. The molecule has 2 aliphatic heterocycles. The molecule has 5 nitrogen and oxygen atoms in total. The lowest BCUT2D eigenvalue weighted by atomic mass is 9.84. The average molecular weight is 428 g/mol. The predicted molar refractivity (Wildman–Crippen MR) is 125 cm³/mol. The molecule has 0 N–H and O–H groups in total. The predicted octanol–water partition coefficient (Wildman–Crippen LogP) is 4.18. The molecule has 5 rings (SSSR count). The van der Waals surface area contributed by atoms with Gasteiger partial charge in [-0.05, 0) is 65.6 Å². The summed E-state index contributed by atoms with van der Waals surface area (Å²) in [6, 6.07) is 18.0. The molecule has 2 atom stereocenters. The Morgan fingerprint density at radius 3 is 2.53 bits per heavy atom. The highest BCUT2D eigenvalue weighted by atomic mass is 16.2. The second-order valence-electron chi connectivity index (χ2n) is 9.14. The van der Waals surface area contributed by atoms with Crippen LogP contribution in [-0.2, 0) is 11.2 Å². The third kappa shape index (κ3) is 4.38. The maximum absolute atomic E-state index is 13.2. The number of hydrogen-bond donors (Lipinski definition) is 0. The summed E-state index contributed by atoms with van der Waals surface area (Å²) >= 11 is 0. The maximum Gasteiger partial charge on any atom is 0.253 e. The van der Waals surface area contributed by atoms with Crippen LogP contribution in [-0.4, -0.2) is 52.8 Å². The van der Waals surface area contributed by atoms with Crippen LogP contribution in [0.5, 0.6) is 0 Å². The number of piperidine rings is 1. The Hall–Kier alpha value is -3.21. The van der Waals surface area contributed by atoms with E-state index in [2.05, 4.69) is 17.1 Å². The summed E-state index contributed by atoms with van der Waals surface area (Å²) in [4.78, 5) is 34.1. The molecular formula is C27H29N3O2. The molecule has 32 heavy (non-hydrogen) atoms. The van der Waals surface area contributed by atoms with Crippen LogP contribution in [0.4, 0.5) is 0 Å². The van der Waals surface area contributed by atoms with Gasteiger partial charge in [-0.1, -0.05) is 36.4 Å². The number of amides is 2. The zero-order valence-electron chi connectivity index (χ0n) is 18.3. The molecule has 2 saturated heterocycles. The topological polar surface area (TPSA) is 53.5 Å². The number of pyridine rings is 1. The Kier molecular flexibility index (Phi) is 5.89. The third-order valence-electron chi connectivity index (χ3n) is 7.06. The molecule has 1 aromatic heterocycles. The van der Waals surface area contributed by atoms with Gasteiger partial charge in [0, 0.05) is 44.1 Å². The van der Waals surface area contributed by atoms with Crippen molar-refractivity contribution in [2.75, 3.05) is 26.2 Å². The summed E-state index contributed by atoms with van der Waals surface area (Å²) in [5.41, 5.74) is 1.73. The van der Waals surface area contributed by atoms with Crippen molar-refractivity contribution in [3.8, 4) is 0 Å². The van der Waals surface area contributed by atoms with Crippen molar-refractivity contribution in [3.63, 3.8) is 0 Å². The second kappa shape index (κ2) is 9.11. The van der Waals surface area contributed by atoms with E-state index >= 15 is 0 Å². The molecular weight excluding hydrogens is 398 g/mol. The van der Waals surface area contributed by atoms with Crippen LogP contribution in [0.1, 0.15) is 35.2 Å². The van der Waals surface area contributed by atoms with E-state index in [1.165, 1.54) is 0 Å². The Balaban J connectivity index is 1.20. The summed E-state index contributed by atoms with van der Waals surface area (Å²) in [6.45, 7) is 3.24. The largest absolute Gasteiger partial charge is 0.342 e. The van der Waals surface area contributed by atoms with Crippen LogP contribution in [0.2, 0.25) is 0 Å². The van der Waals surface area contributed by atoms with E-state index in [4.69, 9.17) is 0 Å². The van der Waals surface area contributed by atoms with E-state index in [-0.39, 0.29) is 11.8 Å². The molecule has 3 heterocycles. The van der Waals surface area contributed by atoms with Gasteiger partial charge in [0.2, 0.25) is 5.91 Å². The Morgan fingerprint density at radius 2 is 1.69 bits per heavy atom. The summed E-state index contributed by atoms with van der Waals surface area (Å²) in [5, 5.41) is 2.26. The lowest BCUT2D eigenvalue weighted by Gasteiger charge is -2.36. The van der Waals surface area contributed by atoms with Gasteiger partial charge in [-0.15, -0.1) is 0 Å². The molecule has 2 fully saturated rings. The van der Waals surface area contributed by atoms with Crippen LogP contribution < -0.4 is 0 Å². The highest BCUT2D eigenvalue weighted by Crippen LogP contribution is 2.32. The molecule has 2 unspecified atom stereocenters. The highest BCUT2D eigenvalue weighted by molar-refractivity contribution is 5.98. The van der Waals surface area contributed by atoms with Crippen LogP contribution in [0.15, 0.2) is 67.0 Å². The van der Waals surface area contributed by atoms with Crippen molar-refractivity contribution in [1.82, 2.24) is 14.8 Å². The van der Waals surface area contributed by atoms with E-state index in [0.717, 1.165) is 67.3 Å². The van der Waals surface area contributed by atoms with Crippen LogP contribution in [0, 0.1) is 11.8 Å². The van der Waals surface area contributed by atoms with Crippen LogP contribution in [0.3, 0.4) is 0 Å². The minimum absolute atomic E-state index is 0.124. The quantitative estimate of drug-likeness (QED) is 0.628. The number of rotatable bonds is 4. The Morgan fingerprint density at radius 1 is 0.875 bits per heavy atom. The van der Waals surface area contributed by atoms with Crippen molar-refractivity contribution in [1.29, 1.82) is 0 Å². The minimum Gasteiger partial charge on any atom is -0.342 e. The van der Waals surface area contributed by atoms with Gasteiger partial charge >= 0.3 is 0 Å². The van der Waals surface area contributed by atoms with Crippen LogP contribution >= 0.6 is 0 Å². The fraction of sp³-hybridized carbons (Fsp3) is 0.370. The molecule has 0 bridgehead atoms. The molecule has 2 aromatic carbocycles. The molecule has 3 aromatic rings. The molecule has 0 saturated carbocycles. The van der Waals surface area contributed by atoms with Gasteiger partial charge < -0.3 is 9.80 Å². The molecule has 5 heteroatoms. The first kappa shape index (κ1) is 20.7. The van der Waals surface area contributed by atoms with Gasteiger partial charge in [0.05, 0.1) is 6.42 Å². The van der Waals surface area contributed by atoms with Crippen LogP contribution in [0.25, 0.3) is 10.8 Å². The van der Waals surface area contributed by atoms with E-state index in [9.17, 15) is 9.59 Å². The van der Waals surface area contributed by atoms with Crippen molar-refractivity contribution in [2.24, 2.45) is 11.8 Å². The number of aromatic nitrogens is 1. The normalized spacial score (nSPS) is 21.1. The fourth-order valence-electron chi connectivity index (χ4n) is 5.27. The van der Waals surface area contributed by atoms with Gasteiger partial charge in [-0.2, -0.15) is 0 Å². The van der Waals surface area contributed by atoms with E-state index in [1.807, 2.05) is 52.3 Å². The molecule has 2 aliphatic rings. The first-order valence-corrected chi connectivity index (χ1v) is 11.6. The fourth-order valence-corrected chi connectivity index (χ4v) is 5.27. The first-order valence-electron chi connectivity index (χ1n) is 11.6. The van der Waals surface area contributed by atoms with E-state index < -0.39 is 0 Å². The van der Waals surface area contributed by atoms with Crippen molar-refractivity contribution in [2.45, 2.75) is 25.7 Å². The van der Waals surface area contributed by atoms with Crippen molar-refractivity contribution >= 4 is 22.6 Å². The average Bonchev–Trinajstić information content (AvgIpc) is 3.34. The second-order valence-corrected chi connectivity index (χ2v) is 9.14. The van der Waals surface area contributed by atoms with Gasteiger partial charge in [0.25, 0.3) is 5.91 Å². The zero-order valence-corrected chi connectivity index (χ0v) is 18.3. The van der Waals surface area contributed by atoms with Crippen molar-refractivity contribution in [3.05, 3.63) is 78.1 Å². The van der Waals surface area contributed by atoms with Gasteiger partial charge in [0.1, 0.15) is 0 Å². The number of hydrogen-bond acceptors (Lipinski definition) is 3. The summed E-state index contributed by atoms with van der Waals surface area (Å²) in [7, 11) is 0. The lowest BCUT2D eigenvalue weighted by molar-refractivity contribution is -0.132. The van der Waals surface area contributed by atoms with E-state index in [0.29, 0.717) is 18.3 Å². The van der Waals surface area contributed by atoms with Crippen molar-refractivity contribution < 1.29 is 9.59 Å². The molecule has 164 valence electrons. The molecule has 0 radical (unpaired) electrons. The molecule has 2 amide bonds. The van der Waals surface area contributed by atoms with Gasteiger partial charge in [-0.25, -0.2) is 0 Å². The molecule has 0 spiro atoms. The first-order chi connectivity index (χ1) is 15.7. The third-order valence-corrected chi connectivity index (χ3v) is 7.06. The number of nitrogens with zero attached hydrogens (tertiary/aromatic N) is 3. The summed E-state index contributed by atoms with van der Waals surface area (Å²) in [6.07, 6.45) is 7.12. The maximum atomic E-state index is 13.2. The standard InChI is InChI=1S/C27H29N3O2/c31-26(15-20-5-3-12-28-17-20)29-13-4-8-24(18-29)25-11-14-30(19-25)27(32)23-10-9-21-6-1-2-7-22(21)16-23/h1-3,5-7,9-10,12,16-17,24-25H,4,8,11,13-15,18-19H2. The number of carbonyl (C=O) groups is 2. The van der Waals surface area contributed by atoms with Gasteiger partial charge in [0.15, 0.2) is 0 Å². The summed E-state index contributed by atoms with van der Waals surface area (Å²) in [5.74, 6) is 1.24. The number of benzene rings is 2. The zero-order chi connectivity index (χ0) is 21.9. The lowest BCUT2D eigenvalue weighted by Crippen LogP contribution is -2.43. The number of likely N-dealkylation sites (tertiary alicyclic amines) is 2. The Bertz CT molecular complexity index is 1110. The number of fused-ring (bicyclic) bond motifs is 1.